The summed E-state index contributed by atoms with van der Waals surface area (Å²) in [6, 6.07) is 2.25. The number of benzene rings is 1. The fourth-order valence-corrected chi connectivity index (χ4v) is 3.60. The van der Waals surface area contributed by atoms with Crippen LogP contribution in [0, 0.1) is 6.92 Å². The van der Waals surface area contributed by atoms with E-state index in [1.54, 1.807) is 6.92 Å². The van der Waals surface area contributed by atoms with Crippen molar-refractivity contribution in [2.24, 2.45) is 0 Å². The van der Waals surface area contributed by atoms with Crippen molar-refractivity contribution >= 4 is 17.0 Å². The number of aromatic nitrogens is 4. The van der Waals surface area contributed by atoms with Crippen LogP contribution in [-0.2, 0) is 22.3 Å². The van der Waals surface area contributed by atoms with E-state index in [4.69, 9.17) is 4.74 Å². The van der Waals surface area contributed by atoms with Gasteiger partial charge in [0.15, 0.2) is 11.5 Å². The standard InChI is InChI=1S/C21H23F3N4O4/c1-3-32-16(29)8-6-4-5-7-9-28-15-11-13(21(22,23)24)12(2)10-14(15)25-17-18(28)26-20(31)27-19(17)30/h10-11H,3-9H2,1-2H3,(H,27,30,31). The van der Waals surface area contributed by atoms with Crippen molar-refractivity contribution in [2.45, 2.75) is 58.7 Å². The molecule has 11 heteroatoms. The monoisotopic (exact) mass is 452 g/mol. The molecule has 0 spiro atoms. The number of nitrogens with zero attached hydrogens (tertiary/aromatic N) is 3. The quantitative estimate of drug-likeness (QED) is 0.319. The van der Waals surface area contributed by atoms with Gasteiger partial charge in [0, 0.05) is 13.0 Å². The van der Waals surface area contributed by atoms with E-state index in [-0.39, 0.29) is 40.6 Å². The summed E-state index contributed by atoms with van der Waals surface area (Å²) in [6.07, 6.45) is -1.70. The predicted molar refractivity (Wildman–Crippen MR) is 110 cm³/mol. The van der Waals surface area contributed by atoms with E-state index in [1.165, 1.54) is 17.6 Å². The fraction of sp³-hybridized carbons (Fsp3) is 0.476. The molecule has 8 nitrogen and oxygen atoms in total. The van der Waals surface area contributed by atoms with Crippen molar-refractivity contribution in [2.75, 3.05) is 6.61 Å². The maximum absolute atomic E-state index is 13.5. The summed E-state index contributed by atoms with van der Waals surface area (Å²) in [4.78, 5) is 45.4. The van der Waals surface area contributed by atoms with Crippen molar-refractivity contribution in [3.63, 3.8) is 0 Å². The van der Waals surface area contributed by atoms with Crippen LogP contribution in [0.25, 0.3) is 22.6 Å². The topological polar surface area (TPSA) is 107 Å². The molecule has 3 rings (SSSR count). The molecule has 0 bridgehead atoms. The summed E-state index contributed by atoms with van der Waals surface area (Å²) in [5, 5.41) is 0. The minimum Gasteiger partial charge on any atom is -0.466 e. The van der Waals surface area contributed by atoms with Gasteiger partial charge >= 0.3 is 17.8 Å². The van der Waals surface area contributed by atoms with Gasteiger partial charge in [0.2, 0.25) is 0 Å². The molecule has 0 saturated heterocycles. The molecular weight excluding hydrogens is 429 g/mol. The van der Waals surface area contributed by atoms with E-state index in [0.717, 1.165) is 6.07 Å². The Kier molecular flexibility index (Phi) is 6.95. The molecule has 2 heterocycles. The van der Waals surface area contributed by atoms with Crippen molar-refractivity contribution in [1.82, 2.24) is 19.5 Å². The van der Waals surface area contributed by atoms with Crippen LogP contribution in [0.15, 0.2) is 21.7 Å². The number of H-pyrrole nitrogens is 1. The average molecular weight is 452 g/mol. The minimum absolute atomic E-state index is 0.0211. The number of carbonyl (C=O) groups excluding carboxylic acids is 1. The molecule has 172 valence electrons. The highest BCUT2D eigenvalue weighted by molar-refractivity contribution is 5.81. The first-order chi connectivity index (χ1) is 15.1. The Morgan fingerprint density at radius 2 is 1.84 bits per heavy atom. The average Bonchev–Trinajstić information content (AvgIpc) is 2.69. The Labute approximate surface area is 180 Å². The van der Waals surface area contributed by atoms with Crippen LogP contribution in [0.5, 0.6) is 0 Å². The number of aromatic amines is 1. The SMILES string of the molecule is CCOC(=O)CCCCCCn1c2nc(=O)[nH]c(=O)c-2nc2cc(C)c(C(F)(F)F)cc21. The molecule has 1 aromatic rings. The lowest BCUT2D eigenvalue weighted by molar-refractivity contribution is -0.143. The molecular formula is C21H23F3N4O4. The van der Waals surface area contributed by atoms with Crippen molar-refractivity contribution < 1.29 is 22.7 Å². The third-order valence-electron chi connectivity index (χ3n) is 5.08. The third-order valence-corrected chi connectivity index (χ3v) is 5.08. The van der Waals surface area contributed by atoms with E-state index in [1.807, 2.05) is 4.98 Å². The molecule has 0 fully saturated rings. The summed E-state index contributed by atoms with van der Waals surface area (Å²) >= 11 is 0. The van der Waals surface area contributed by atoms with Gasteiger partial charge in [-0.05, 0) is 44.4 Å². The van der Waals surface area contributed by atoms with Gasteiger partial charge in [0.25, 0.3) is 5.56 Å². The minimum atomic E-state index is -4.57. The summed E-state index contributed by atoms with van der Waals surface area (Å²) < 4.78 is 46.7. The van der Waals surface area contributed by atoms with E-state index in [0.29, 0.717) is 38.7 Å². The first-order valence-electron chi connectivity index (χ1n) is 10.3. The lowest BCUT2D eigenvalue weighted by Gasteiger charge is -2.19. The van der Waals surface area contributed by atoms with Crippen LogP contribution in [-0.4, -0.2) is 32.1 Å². The molecule has 2 aliphatic rings. The van der Waals surface area contributed by atoms with Crippen molar-refractivity contribution in [1.29, 1.82) is 0 Å². The molecule has 0 saturated carbocycles. The summed E-state index contributed by atoms with van der Waals surface area (Å²) in [5.74, 6) is -0.329. The number of unbranched alkanes of at least 4 members (excludes halogenated alkanes) is 3. The number of aryl methyl sites for hydroxylation is 2. The highest BCUT2D eigenvalue weighted by Crippen LogP contribution is 2.35. The smallest absolute Gasteiger partial charge is 0.416 e. The normalized spacial score (nSPS) is 11.9. The molecule has 2 aliphatic heterocycles. The van der Waals surface area contributed by atoms with Gasteiger partial charge < -0.3 is 9.30 Å². The number of carbonyl (C=O) groups is 1. The lowest BCUT2D eigenvalue weighted by atomic mass is 10.1. The van der Waals surface area contributed by atoms with E-state index in [9.17, 15) is 27.6 Å². The van der Waals surface area contributed by atoms with E-state index < -0.39 is 23.0 Å². The summed E-state index contributed by atoms with van der Waals surface area (Å²) in [6.45, 7) is 3.61. The van der Waals surface area contributed by atoms with Crippen LogP contribution in [0.1, 0.15) is 50.2 Å². The zero-order valence-corrected chi connectivity index (χ0v) is 17.7. The second kappa shape index (κ2) is 9.49. The number of alkyl halides is 3. The Hall–Kier alpha value is -3.24. The van der Waals surface area contributed by atoms with Crippen LogP contribution in [0.3, 0.4) is 0 Å². The van der Waals surface area contributed by atoms with Crippen molar-refractivity contribution in [3.8, 4) is 11.5 Å². The van der Waals surface area contributed by atoms with Gasteiger partial charge in [-0.25, -0.2) is 9.78 Å². The van der Waals surface area contributed by atoms with Gasteiger partial charge in [-0.3, -0.25) is 14.6 Å². The first kappa shape index (κ1) is 23.4. The van der Waals surface area contributed by atoms with Gasteiger partial charge in [0.1, 0.15) is 0 Å². The van der Waals surface area contributed by atoms with Gasteiger partial charge in [-0.1, -0.05) is 12.8 Å². The van der Waals surface area contributed by atoms with Gasteiger partial charge in [0.05, 0.1) is 23.2 Å². The van der Waals surface area contributed by atoms with Crippen LogP contribution in [0.2, 0.25) is 0 Å². The van der Waals surface area contributed by atoms with Crippen LogP contribution >= 0.6 is 0 Å². The van der Waals surface area contributed by atoms with Crippen LogP contribution < -0.4 is 11.2 Å². The number of esters is 1. The highest BCUT2D eigenvalue weighted by atomic mass is 19.4. The van der Waals surface area contributed by atoms with Gasteiger partial charge in [-0.15, -0.1) is 0 Å². The third kappa shape index (κ3) is 5.14. The van der Waals surface area contributed by atoms with Crippen molar-refractivity contribution in [3.05, 3.63) is 44.1 Å². The van der Waals surface area contributed by atoms with E-state index in [2.05, 4.69) is 9.97 Å². The van der Waals surface area contributed by atoms with Crippen LogP contribution in [0.4, 0.5) is 13.2 Å². The Balaban J connectivity index is 1.95. The maximum Gasteiger partial charge on any atom is 0.416 e. The number of halogens is 3. The number of rotatable bonds is 8. The summed E-state index contributed by atoms with van der Waals surface area (Å²) in [7, 11) is 0. The number of fused-ring (bicyclic) bond motifs is 2. The molecule has 0 aliphatic carbocycles. The Morgan fingerprint density at radius 3 is 2.53 bits per heavy atom. The number of hydrogen-bond donors (Lipinski definition) is 1. The first-order valence-corrected chi connectivity index (χ1v) is 10.3. The second-order valence-corrected chi connectivity index (χ2v) is 7.43. The molecule has 0 radical (unpaired) electrons. The zero-order chi connectivity index (χ0) is 23.5. The molecule has 0 atom stereocenters. The molecule has 32 heavy (non-hydrogen) atoms. The molecule has 0 aromatic heterocycles. The Bertz CT molecular complexity index is 1220. The zero-order valence-electron chi connectivity index (χ0n) is 17.7. The lowest BCUT2D eigenvalue weighted by Crippen LogP contribution is -2.29. The number of nitrogens with one attached hydrogen (secondary N) is 1. The predicted octanol–water partition coefficient (Wildman–Crippen LogP) is 3.43. The molecule has 1 N–H and O–H groups in total. The maximum atomic E-state index is 13.5. The molecule has 1 aromatic carbocycles. The molecule has 0 unspecified atom stereocenters. The highest BCUT2D eigenvalue weighted by Gasteiger charge is 2.33. The van der Waals surface area contributed by atoms with E-state index >= 15 is 0 Å². The molecule has 0 amide bonds. The second-order valence-electron chi connectivity index (χ2n) is 7.43. The summed E-state index contributed by atoms with van der Waals surface area (Å²) in [5.41, 5.74) is -2.25. The largest absolute Gasteiger partial charge is 0.466 e. The number of hydrogen-bond acceptors (Lipinski definition) is 6. The fourth-order valence-electron chi connectivity index (χ4n) is 3.60. The Morgan fingerprint density at radius 1 is 1.12 bits per heavy atom. The number of ether oxygens (including phenoxy) is 1. The van der Waals surface area contributed by atoms with Gasteiger partial charge in [-0.2, -0.15) is 18.2 Å².